The first-order chi connectivity index (χ1) is 28.0. The van der Waals surface area contributed by atoms with E-state index < -0.39 is 44.7 Å². The van der Waals surface area contributed by atoms with Crippen molar-refractivity contribution in [3.8, 4) is 0 Å². The molecule has 1 saturated carbocycles. The number of hydrogen-bond acceptors (Lipinski definition) is 11. The summed E-state index contributed by atoms with van der Waals surface area (Å²) >= 11 is 0. The second-order valence-electron chi connectivity index (χ2n) is 15.3. The molecule has 1 aliphatic carbocycles. The van der Waals surface area contributed by atoms with Crippen LogP contribution in [0.4, 0.5) is 0 Å². The number of carbonyl (C=O) groups excluding carboxylic acids is 3. The number of ketones is 1. The largest absolute Gasteiger partial charge is 0.472 e. The third-order valence-electron chi connectivity index (χ3n) is 10.1. The molecule has 1 rings (SSSR count). The van der Waals surface area contributed by atoms with Crippen molar-refractivity contribution in [3.63, 3.8) is 0 Å². The summed E-state index contributed by atoms with van der Waals surface area (Å²) in [5, 5.41) is 20.7. The van der Waals surface area contributed by atoms with Crippen LogP contribution in [0.3, 0.4) is 0 Å². The second kappa shape index (κ2) is 35.3. The summed E-state index contributed by atoms with van der Waals surface area (Å²) in [6.07, 6.45) is 33.2. The van der Waals surface area contributed by atoms with Crippen LogP contribution in [0.5, 0.6) is 0 Å². The minimum Gasteiger partial charge on any atom is -0.462 e. The Hall–Kier alpha value is -2.44. The molecule has 5 N–H and O–H groups in total. The van der Waals surface area contributed by atoms with Gasteiger partial charge in [-0.1, -0.05) is 127 Å². The van der Waals surface area contributed by atoms with Gasteiger partial charge in [-0.25, -0.2) is 4.57 Å². The standard InChI is InChI=1S/C45H78NO11P/c1-3-5-7-8-9-10-11-12-13-14-15-16-17-18-19-20-25-29-44(50)54-36-39(37-56-58(52,53)55-34-33-46)57-45(51)30-26-22-21-24-28-40-41(43(49)35-42(40)48)32-31-38(47)27-23-6-4-2/h9-10,12-13,15-16,31-32,38-41,43,47,49H,3-8,11,14,17-30,33-37,46H2,1-2H3,(H,52,53)/b10-9-,13-12-,16-15-,32-31+/t38-,39+,40+,41+,43+/m0/s1. The summed E-state index contributed by atoms with van der Waals surface area (Å²) < 4.78 is 32.8. The van der Waals surface area contributed by atoms with E-state index in [-0.39, 0.29) is 56.6 Å². The van der Waals surface area contributed by atoms with E-state index in [1.807, 2.05) is 6.08 Å². The number of hydrogen-bond donors (Lipinski definition) is 4. The number of unbranched alkanes of at least 4 members (excludes halogenated alkanes) is 12. The van der Waals surface area contributed by atoms with E-state index in [2.05, 4.69) is 50.3 Å². The number of rotatable bonds is 37. The molecule has 0 spiro atoms. The van der Waals surface area contributed by atoms with Crippen molar-refractivity contribution in [2.75, 3.05) is 26.4 Å². The minimum absolute atomic E-state index is 0.00961. The molecular formula is C45H78NO11P. The van der Waals surface area contributed by atoms with Gasteiger partial charge in [-0.15, -0.1) is 0 Å². The average Bonchev–Trinajstić information content (AvgIpc) is 3.47. The van der Waals surface area contributed by atoms with Crippen molar-refractivity contribution < 1.29 is 52.6 Å². The molecule has 0 bridgehead atoms. The lowest BCUT2D eigenvalue weighted by atomic mass is 9.88. The Balaban J connectivity index is 2.39. The molecule has 12 nitrogen and oxygen atoms in total. The predicted molar refractivity (Wildman–Crippen MR) is 230 cm³/mol. The highest BCUT2D eigenvalue weighted by molar-refractivity contribution is 7.47. The fraction of sp³-hybridized carbons (Fsp3) is 0.756. The first kappa shape index (κ1) is 53.6. The highest BCUT2D eigenvalue weighted by atomic mass is 31.2. The quantitative estimate of drug-likeness (QED) is 0.0201. The van der Waals surface area contributed by atoms with Gasteiger partial charge >= 0.3 is 19.8 Å². The average molecular weight is 840 g/mol. The summed E-state index contributed by atoms with van der Waals surface area (Å²) in [5.74, 6) is -1.58. The van der Waals surface area contributed by atoms with Gasteiger partial charge in [0.05, 0.1) is 25.4 Å². The van der Waals surface area contributed by atoms with Crippen LogP contribution in [-0.2, 0) is 37.5 Å². The molecule has 334 valence electrons. The van der Waals surface area contributed by atoms with E-state index in [1.165, 1.54) is 19.3 Å². The molecule has 0 amide bonds. The van der Waals surface area contributed by atoms with Crippen LogP contribution in [-0.4, -0.2) is 77.5 Å². The van der Waals surface area contributed by atoms with Gasteiger partial charge in [-0.05, 0) is 64.2 Å². The third kappa shape index (κ3) is 28.9. The van der Waals surface area contributed by atoms with Gasteiger partial charge in [0.2, 0.25) is 0 Å². The molecule has 1 unspecified atom stereocenters. The molecule has 13 heteroatoms. The topological polar surface area (TPSA) is 192 Å². The van der Waals surface area contributed by atoms with Gasteiger partial charge in [0.15, 0.2) is 6.10 Å². The van der Waals surface area contributed by atoms with Crippen LogP contribution in [0, 0.1) is 11.8 Å². The van der Waals surface area contributed by atoms with Crippen LogP contribution in [0.1, 0.15) is 162 Å². The molecule has 0 aliphatic heterocycles. The summed E-state index contributed by atoms with van der Waals surface area (Å²) in [5.41, 5.74) is 5.34. The minimum atomic E-state index is -4.45. The number of Topliss-reactive ketones (excluding diaryl/α,β-unsaturated/α-hetero) is 1. The number of esters is 2. The number of ether oxygens (including phenoxy) is 2. The molecule has 6 atom stereocenters. The Kier molecular flexibility index (Phi) is 32.6. The van der Waals surface area contributed by atoms with Gasteiger partial charge in [-0.3, -0.25) is 23.4 Å². The number of phosphoric acid groups is 1. The molecule has 0 aromatic heterocycles. The Morgan fingerprint density at radius 2 is 1.38 bits per heavy atom. The van der Waals surface area contributed by atoms with E-state index in [4.69, 9.17) is 24.3 Å². The lowest BCUT2D eigenvalue weighted by Crippen LogP contribution is -2.29. The van der Waals surface area contributed by atoms with Gasteiger partial charge in [0.25, 0.3) is 0 Å². The maximum atomic E-state index is 12.7. The molecular weight excluding hydrogens is 761 g/mol. The van der Waals surface area contributed by atoms with Crippen molar-refractivity contribution in [2.45, 2.75) is 180 Å². The molecule has 58 heavy (non-hydrogen) atoms. The smallest absolute Gasteiger partial charge is 0.462 e. The molecule has 0 aromatic carbocycles. The maximum Gasteiger partial charge on any atom is 0.472 e. The number of nitrogens with two attached hydrogens (primary N) is 1. The van der Waals surface area contributed by atoms with Crippen molar-refractivity contribution in [1.29, 1.82) is 0 Å². The molecule has 0 radical (unpaired) electrons. The van der Waals surface area contributed by atoms with E-state index in [9.17, 15) is 34.1 Å². The number of allylic oxidation sites excluding steroid dienone is 6. The van der Waals surface area contributed by atoms with E-state index in [0.29, 0.717) is 32.1 Å². The van der Waals surface area contributed by atoms with Crippen LogP contribution < -0.4 is 5.73 Å². The zero-order chi connectivity index (χ0) is 42.7. The van der Waals surface area contributed by atoms with Crippen LogP contribution in [0.25, 0.3) is 0 Å². The normalized spacial score (nSPS) is 19.5. The predicted octanol–water partition coefficient (Wildman–Crippen LogP) is 9.31. The third-order valence-corrected chi connectivity index (χ3v) is 11.1. The Morgan fingerprint density at radius 3 is 2.03 bits per heavy atom. The number of aliphatic hydroxyl groups excluding tert-OH is 2. The number of carbonyl (C=O) groups is 3. The van der Waals surface area contributed by atoms with Crippen LogP contribution in [0.15, 0.2) is 48.6 Å². The van der Waals surface area contributed by atoms with Crippen molar-refractivity contribution >= 4 is 25.5 Å². The summed E-state index contributed by atoms with van der Waals surface area (Å²) in [7, 11) is -4.45. The Bertz CT molecular complexity index is 1250. The maximum absolute atomic E-state index is 12.7. The monoisotopic (exact) mass is 840 g/mol. The van der Waals surface area contributed by atoms with Crippen LogP contribution in [0.2, 0.25) is 0 Å². The zero-order valence-corrected chi connectivity index (χ0v) is 36.6. The van der Waals surface area contributed by atoms with E-state index >= 15 is 0 Å². The second-order valence-corrected chi connectivity index (χ2v) is 16.8. The Labute approximate surface area is 349 Å². The first-order valence-electron chi connectivity index (χ1n) is 22.2. The summed E-state index contributed by atoms with van der Waals surface area (Å²) in [6, 6.07) is 0. The molecule has 1 aliphatic rings. The SMILES string of the molecule is CCCCC/C=C\C/C=C\C/C=C\CCCCCCC(=O)OC[C@H](COP(=O)(O)OCCN)OC(=O)CCCCCC[C@H]1C(=O)C[C@@H](O)[C@@H]1/C=C/[C@@H](O)CCCCC. The van der Waals surface area contributed by atoms with E-state index in [1.54, 1.807) is 6.08 Å². The number of aliphatic hydroxyl groups is 2. The van der Waals surface area contributed by atoms with Crippen LogP contribution >= 0.6 is 7.82 Å². The van der Waals surface area contributed by atoms with Crippen molar-refractivity contribution in [2.24, 2.45) is 17.6 Å². The molecule has 0 aromatic rings. The summed E-state index contributed by atoms with van der Waals surface area (Å²) in [4.78, 5) is 47.7. The lowest BCUT2D eigenvalue weighted by molar-refractivity contribution is -0.161. The van der Waals surface area contributed by atoms with Gasteiger partial charge in [-0.2, -0.15) is 0 Å². The highest BCUT2D eigenvalue weighted by Crippen LogP contribution is 2.43. The zero-order valence-electron chi connectivity index (χ0n) is 35.7. The molecule has 0 saturated heterocycles. The number of phosphoric ester groups is 1. The van der Waals surface area contributed by atoms with Gasteiger partial charge in [0.1, 0.15) is 12.4 Å². The molecule has 1 fully saturated rings. The lowest BCUT2D eigenvalue weighted by Gasteiger charge is -2.20. The molecule has 0 heterocycles. The van der Waals surface area contributed by atoms with Gasteiger partial charge in [0, 0.05) is 37.6 Å². The van der Waals surface area contributed by atoms with Crippen molar-refractivity contribution in [1.82, 2.24) is 0 Å². The highest BCUT2D eigenvalue weighted by Gasteiger charge is 2.39. The van der Waals surface area contributed by atoms with Gasteiger partial charge < -0.3 is 30.3 Å². The fourth-order valence-electron chi connectivity index (χ4n) is 6.71. The first-order valence-corrected chi connectivity index (χ1v) is 23.7. The summed E-state index contributed by atoms with van der Waals surface area (Å²) in [6.45, 7) is 3.29. The van der Waals surface area contributed by atoms with E-state index in [0.717, 1.165) is 77.0 Å². The fourth-order valence-corrected chi connectivity index (χ4v) is 7.48. The van der Waals surface area contributed by atoms with Crippen molar-refractivity contribution in [3.05, 3.63) is 48.6 Å². The Morgan fingerprint density at radius 1 is 0.793 bits per heavy atom.